The van der Waals surface area contributed by atoms with Crippen LogP contribution in [-0.2, 0) is 9.59 Å². The van der Waals surface area contributed by atoms with Gasteiger partial charge in [-0.05, 0) is 12.1 Å². The Morgan fingerprint density at radius 2 is 2.11 bits per heavy atom. The summed E-state index contributed by atoms with van der Waals surface area (Å²) in [6.07, 6.45) is 3.56. The predicted molar refractivity (Wildman–Crippen MR) is 67.7 cm³/mol. The standard InChI is InChI=1S/C13H15NO4/c1-17-11-5-3-4-10(13(11)18-2)6-7-12(16)14-8-9-15/h3-7,9H,8H2,1-2H3,(H,14,16)/b7-6+. The van der Waals surface area contributed by atoms with Crippen LogP contribution in [0, 0.1) is 0 Å². The summed E-state index contributed by atoms with van der Waals surface area (Å²) in [6, 6.07) is 5.36. The van der Waals surface area contributed by atoms with Crippen LogP contribution in [0.4, 0.5) is 0 Å². The molecule has 0 spiro atoms. The number of nitrogens with one attached hydrogen (secondary N) is 1. The maximum Gasteiger partial charge on any atom is 0.244 e. The number of ether oxygens (including phenoxy) is 2. The van der Waals surface area contributed by atoms with Crippen molar-refractivity contribution in [3.05, 3.63) is 29.8 Å². The van der Waals surface area contributed by atoms with Gasteiger partial charge in [0.15, 0.2) is 11.5 Å². The Kier molecular flexibility index (Phi) is 5.44. The van der Waals surface area contributed by atoms with Crippen LogP contribution in [-0.4, -0.2) is 33.0 Å². The van der Waals surface area contributed by atoms with E-state index >= 15 is 0 Å². The largest absolute Gasteiger partial charge is 0.493 e. The molecule has 1 amide bonds. The van der Waals surface area contributed by atoms with E-state index in [4.69, 9.17) is 9.47 Å². The highest BCUT2D eigenvalue weighted by molar-refractivity contribution is 5.93. The Labute approximate surface area is 105 Å². The monoisotopic (exact) mass is 249 g/mol. The van der Waals surface area contributed by atoms with E-state index in [0.717, 1.165) is 5.56 Å². The number of rotatable bonds is 6. The summed E-state index contributed by atoms with van der Waals surface area (Å²) >= 11 is 0. The fourth-order valence-electron chi connectivity index (χ4n) is 1.41. The zero-order valence-corrected chi connectivity index (χ0v) is 10.3. The lowest BCUT2D eigenvalue weighted by molar-refractivity contribution is -0.118. The summed E-state index contributed by atoms with van der Waals surface area (Å²) < 4.78 is 10.4. The molecule has 0 bridgehead atoms. The number of hydrogen-bond acceptors (Lipinski definition) is 4. The number of para-hydroxylation sites is 1. The molecule has 1 rings (SSSR count). The van der Waals surface area contributed by atoms with Gasteiger partial charge in [0.1, 0.15) is 6.29 Å². The van der Waals surface area contributed by atoms with Crippen molar-refractivity contribution < 1.29 is 19.1 Å². The molecular weight excluding hydrogens is 234 g/mol. The topological polar surface area (TPSA) is 64.6 Å². The van der Waals surface area contributed by atoms with Crippen LogP contribution in [0.3, 0.4) is 0 Å². The SMILES string of the molecule is COc1cccc(/C=C/C(=O)NCC=O)c1OC. The summed E-state index contributed by atoms with van der Waals surface area (Å²) in [5.74, 6) is 0.805. The van der Waals surface area contributed by atoms with Gasteiger partial charge in [-0.1, -0.05) is 12.1 Å². The van der Waals surface area contributed by atoms with E-state index in [1.54, 1.807) is 31.4 Å². The van der Waals surface area contributed by atoms with Crippen molar-refractivity contribution in [3.63, 3.8) is 0 Å². The predicted octanol–water partition coefficient (Wildman–Crippen LogP) is 1.03. The molecule has 0 aliphatic rings. The van der Waals surface area contributed by atoms with Crippen molar-refractivity contribution in [1.82, 2.24) is 5.32 Å². The Morgan fingerprint density at radius 3 is 2.72 bits per heavy atom. The fourth-order valence-corrected chi connectivity index (χ4v) is 1.41. The minimum atomic E-state index is -0.341. The van der Waals surface area contributed by atoms with Gasteiger partial charge in [-0.25, -0.2) is 0 Å². The van der Waals surface area contributed by atoms with E-state index in [1.165, 1.54) is 13.2 Å². The van der Waals surface area contributed by atoms with Crippen molar-refractivity contribution >= 4 is 18.3 Å². The van der Waals surface area contributed by atoms with E-state index in [2.05, 4.69) is 5.32 Å². The smallest absolute Gasteiger partial charge is 0.244 e. The van der Waals surface area contributed by atoms with Crippen molar-refractivity contribution in [2.24, 2.45) is 0 Å². The first-order chi connectivity index (χ1) is 8.72. The Hall–Kier alpha value is -2.30. The number of carbonyl (C=O) groups is 2. The lowest BCUT2D eigenvalue weighted by Crippen LogP contribution is -2.22. The van der Waals surface area contributed by atoms with Gasteiger partial charge < -0.3 is 19.6 Å². The first kappa shape index (κ1) is 13.8. The van der Waals surface area contributed by atoms with Gasteiger partial charge in [0.25, 0.3) is 0 Å². The Balaban J connectivity index is 2.86. The van der Waals surface area contributed by atoms with E-state index in [9.17, 15) is 9.59 Å². The van der Waals surface area contributed by atoms with Crippen LogP contribution in [0.5, 0.6) is 11.5 Å². The molecule has 0 unspecified atom stereocenters. The molecule has 0 saturated carbocycles. The molecular formula is C13H15NO4. The summed E-state index contributed by atoms with van der Waals surface area (Å²) in [5, 5.41) is 2.40. The Bertz CT molecular complexity index is 454. The number of benzene rings is 1. The van der Waals surface area contributed by atoms with Crippen LogP contribution in [0.15, 0.2) is 24.3 Å². The van der Waals surface area contributed by atoms with E-state index in [1.807, 2.05) is 0 Å². The number of aldehydes is 1. The second-order valence-electron chi connectivity index (χ2n) is 3.33. The molecule has 0 aromatic heterocycles. The van der Waals surface area contributed by atoms with Gasteiger partial charge in [-0.2, -0.15) is 0 Å². The zero-order valence-electron chi connectivity index (χ0n) is 10.3. The van der Waals surface area contributed by atoms with Crippen molar-refractivity contribution in [2.75, 3.05) is 20.8 Å². The number of hydrogen-bond donors (Lipinski definition) is 1. The van der Waals surface area contributed by atoms with Crippen LogP contribution in [0.25, 0.3) is 6.08 Å². The van der Waals surface area contributed by atoms with Crippen molar-refractivity contribution in [2.45, 2.75) is 0 Å². The second kappa shape index (κ2) is 7.11. The average Bonchev–Trinajstić information content (AvgIpc) is 2.41. The van der Waals surface area contributed by atoms with Crippen molar-refractivity contribution in [3.8, 4) is 11.5 Å². The Morgan fingerprint density at radius 1 is 1.33 bits per heavy atom. The first-order valence-electron chi connectivity index (χ1n) is 5.33. The number of carbonyl (C=O) groups excluding carboxylic acids is 2. The molecule has 0 fully saturated rings. The molecule has 1 aromatic carbocycles. The summed E-state index contributed by atoms with van der Waals surface area (Å²) in [6.45, 7) is -0.00157. The third-order valence-corrected chi connectivity index (χ3v) is 2.21. The van der Waals surface area contributed by atoms with Gasteiger partial charge in [0.2, 0.25) is 5.91 Å². The molecule has 0 saturated heterocycles. The maximum atomic E-state index is 11.3. The summed E-state index contributed by atoms with van der Waals surface area (Å²) in [5.41, 5.74) is 0.720. The number of amides is 1. The highest BCUT2D eigenvalue weighted by atomic mass is 16.5. The van der Waals surface area contributed by atoms with E-state index < -0.39 is 0 Å². The molecule has 5 heteroatoms. The van der Waals surface area contributed by atoms with Gasteiger partial charge >= 0.3 is 0 Å². The van der Waals surface area contributed by atoms with Crippen LogP contribution in [0.1, 0.15) is 5.56 Å². The molecule has 0 atom stereocenters. The van der Waals surface area contributed by atoms with E-state index in [-0.39, 0.29) is 12.5 Å². The van der Waals surface area contributed by atoms with Gasteiger partial charge in [-0.15, -0.1) is 0 Å². The second-order valence-corrected chi connectivity index (χ2v) is 3.33. The highest BCUT2D eigenvalue weighted by Crippen LogP contribution is 2.31. The third-order valence-electron chi connectivity index (χ3n) is 2.21. The minimum absolute atomic E-state index is 0.00157. The molecule has 18 heavy (non-hydrogen) atoms. The summed E-state index contributed by atoms with van der Waals surface area (Å²) in [4.78, 5) is 21.4. The lowest BCUT2D eigenvalue weighted by Gasteiger charge is -2.09. The van der Waals surface area contributed by atoms with Crippen LogP contribution >= 0.6 is 0 Å². The molecule has 5 nitrogen and oxygen atoms in total. The molecule has 0 radical (unpaired) electrons. The average molecular weight is 249 g/mol. The van der Waals surface area contributed by atoms with Gasteiger partial charge in [0.05, 0.1) is 20.8 Å². The van der Waals surface area contributed by atoms with Gasteiger partial charge in [-0.3, -0.25) is 4.79 Å². The van der Waals surface area contributed by atoms with Crippen LogP contribution < -0.4 is 14.8 Å². The molecule has 96 valence electrons. The molecule has 0 aliphatic heterocycles. The lowest BCUT2D eigenvalue weighted by atomic mass is 10.1. The fraction of sp³-hybridized carbons (Fsp3) is 0.231. The number of methoxy groups -OCH3 is 2. The molecule has 0 heterocycles. The highest BCUT2D eigenvalue weighted by Gasteiger charge is 2.06. The van der Waals surface area contributed by atoms with E-state index in [0.29, 0.717) is 17.8 Å². The third kappa shape index (κ3) is 3.62. The van der Waals surface area contributed by atoms with Crippen LogP contribution in [0.2, 0.25) is 0 Å². The van der Waals surface area contributed by atoms with Crippen molar-refractivity contribution in [1.29, 1.82) is 0 Å². The maximum absolute atomic E-state index is 11.3. The quantitative estimate of drug-likeness (QED) is 0.604. The molecule has 0 aliphatic carbocycles. The normalized spacial score (nSPS) is 10.1. The zero-order chi connectivity index (χ0) is 13.4. The molecule has 1 aromatic rings. The summed E-state index contributed by atoms with van der Waals surface area (Å²) in [7, 11) is 3.07. The first-order valence-corrected chi connectivity index (χ1v) is 5.33. The molecule has 1 N–H and O–H groups in total. The minimum Gasteiger partial charge on any atom is -0.493 e. The van der Waals surface area contributed by atoms with Gasteiger partial charge in [0, 0.05) is 11.6 Å².